The van der Waals surface area contributed by atoms with Crippen LogP contribution in [0.4, 0.5) is 0 Å². The number of fused-ring (bicyclic) bond motifs is 5. The van der Waals surface area contributed by atoms with Gasteiger partial charge in [-0.25, -0.2) is 4.57 Å². The summed E-state index contributed by atoms with van der Waals surface area (Å²) in [7, 11) is 2.23. The lowest BCUT2D eigenvalue weighted by Crippen LogP contribution is -2.48. The fourth-order valence-corrected chi connectivity index (χ4v) is 9.71. The number of hydrogen-bond acceptors (Lipinski definition) is 0. The third-order valence-corrected chi connectivity index (χ3v) is 10.7. The number of pyridine rings is 2. The highest BCUT2D eigenvalue weighted by atomic mass is 15.0. The van der Waals surface area contributed by atoms with Gasteiger partial charge in [-0.2, -0.15) is 0 Å². The highest BCUT2D eigenvalue weighted by Gasteiger charge is 2.51. The molecule has 0 unspecified atom stereocenters. The zero-order valence-corrected chi connectivity index (χ0v) is 21.6. The Bertz CT molecular complexity index is 1870. The van der Waals surface area contributed by atoms with Gasteiger partial charge in [0.1, 0.15) is 7.05 Å². The summed E-state index contributed by atoms with van der Waals surface area (Å²) in [5.41, 5.74) is 10.3. The van der Waals surface area contributed by atoms with E-state index >= 15 is 0 Å². The molecule has 0 aliphatic heterocycles. The van der Waals surface area contributed by atoms with E-state index in [4.69, 9.17) is 0 Å². The van der Waals surface area contributed by atoms with Crippen molar-refractivity contribution < 1.29 is 4.57 Å². The predicted molar refractivity (Wildman–Crippen MR) is 149 cm³/mol. The maximum Gasteiger partial charge on any atom is 0.224 e. The van der Waals surface area contributed by atoms with E-state index in [1.54, 1.807) is 5.56 Å². The molecule has 4 saturated carbocycles. The molecule has 178 valence electrons. The molecule has 3 aromatic carbocycles. The molecule has 36 heavy (non-hydrogen) atoms. The van der Waals surface area contributed by atoms with E-state index < -0.39 is 0 Å². The van der Waals surface area contributed by atoms with E-state index in [1.807, 2.05) is 0 Å². The molecule has 0 radical (unpaired) electrons. The molecule has 6 aromatic rings. The van der Waals surface area contributed by atoms with Crippen LogP contribution in [0.3, 0.4) is 0 Å². The topological polar surface area (TPSA) is 8.29 Å². The van der Waals surface area contributed by atoms with Gasteiger partial charge < -0.3 is 4.40 Å². The lowest BCUT2D eigenvalue weighted by molar-refractivity contribution is -0.643. The van der Waals surface area contributed by atoms with Crippen LogP contribution in [0.2, 0.25) is 0 Å². The summed E-state index contributed by atoms with van der Waals surface area (Å²) >= 11 is 0. The second-order valence-electron chi connectivity index (χ2n) is 12.9. The number of aryl methyl sites for hydroxylation is 3. The summed E-state index contributed by atoms with van der Waals surface area (Å²) in [6.45, 7) is 4.56. The van der Waals surface area contributed by atoms with Crippen molar-refractivity contribution in [3.8, 4) is 0 Å². The van der Waals surface area contributed by atoms with E-state index in [1.165, 1.54) is 98.6 Å². The normalized spacial score (nSPS) is 27.6. The van der Waals surface area contributed by atoms with Crippen LogP contribution >= 0.6 is 0 Å². The summed E-state index contributed by atoms with van der Waals surface area (Å²) in [4.78, 5) is 0. The Morgan fingerprint density at radius 2 is 1.50 bits per heavy atom. The quantitative estimate of drug-likeness (QED) is 0.131. The molecule has 4 aliphatic rings. The van der Waals surface area contributed by atoms with Crippen LogP contribution in [-0.4, -0.2) is 4.40 Å². The summed E-state index contributed by atoms with van der Waals surface area (Å²) < 4.78 is 5.01. The molecule has 4 aliphatic carbocycles. The van der Waals surface area contributed by atoms with Crippen LogP contribution in [0.5, 0.6) is 0 Å². The Morgan fingerprint density at radius 3 is 2.25 bits per heavy atom. The molecule has 2 heteroatoms. The van der Waals surface area contributed by atoms with E-state index in [0.29, 0.717) is 5.41 Å². The van der Waals surface area contributed by atoms with Gasteiger partial charge in [0.05, 0.1) is 27.3 Å². The Balaban J connectivity index is 1.51. The number of aromatic nitrogens is 2. The summed E-state index contributed by atoms with van der Waals surface area (Å²) in [5.74, 6) is 2.87. The number of rotatable bonds is 1. The summed E-state index contributed by atoms with van der Waals surface area (Å²) in [6, 6.07) is 19.2. The zero-order chi connectivity index (χ0) is 23.9. The minimum absolute atomic E-state index is 0.391. The first kappa shape index (κ1) is 20.0. The first-order valence-electron chi connectivity index (χ1n) is 14.0. The molecular weight excluding hydrogens is 436 g/mol. The molecule has 2 nitrogen and oxygen atoms in total. The van der Waals surface area contributed by atoms with Gasteiger partial charge in [0.15, 0.2) is 6.20 Å². The van der Waals surface area contributed by atoms with Crippen molar-refractivity contribution in [3.05, 3.63) is 71.4 Å². The van der Waals surface area contributed by atoms with Crippen molar-refractivity contribution in [2.24, 2.45) is 24.8 Å². The Kier molecular flexibility index (Phi) is 3.56. The molecule has 0 spiro atoms. The highest BCUT2D eigenvalue weighted by molar-refractivity contribution is 6.26. The molecule has 0 N–H and O–H groups in total. The van der Waals surface area contributed by atoms with Gasteiger partial charge in [-0.05, 0) is 116 Å². The SMILES string of the molecule is Cc1cccc2c1c1ccc(C)c3c1n2c1cc(C24CC5CC(CC(C5)C2)C4)cc2cc[n+](C)c3c21. The van der Waals surface area contributed by atoms with Crippen molar-refractivity contribution in [2.45, 2.75) is 57.8 Å². The molecule has 4 bridgehead atoms. The van der Waals surface area contributed by atoms with Crippen LogP contribution in [0.25, 0.3) is 49.0 Å². The van der Waals surface area contributed by atoms with Crippen LogP contribution < -0.4 is 4.57 Å². The van der Waals surface area contributed by atoms with Crippen molar-refractivity contribution in [2.75, 3.05) is 0 Å². The molecule has 3 heterocycles. The van der Waals surface area contributed by atoms with Gasteiger partial charge in [-0.15, -0.1) is 0 Å². The number of benzene rings is 3. The van der Waals surface area contributed by atoms with Crippen LogP contribution in [0, 0.1) is 31.6 Å². The Labute approximate surface area is 211 Å². The smallest absolute Gasteiger partial charge is 0.224 e. The molecule has 4 fully saturated rings. The Morgan fingerprint density at radius 1 is 0.778 bits per heavy atom. The van der Waals surface area contributed by atoms with Gasteiger partial charge in [0.25, 0.3) is 0 Å². The maximum absolute atomic E-state index is 2.64. The second-order valence-corrected chi connectivity index (χ2v) is 12.9. The van der Waals surface area contributed by atoms with E-state index in [0.717, 1.165) is 17.8 Å². The lowest BCUT2D eigenvalue weighted by atomic mass is 9.48. The minimum Gasteiger partial charge on any atom is -0.307 e. The molecule has 0 saturated heterocycles. The van der Waals surface area contributed by atoms with Crippen molar-refractivity contribution >= 4 is 49.0 Å². The molecule has 3 aromatic heterocycles. The average Bonchev–Trinajstić information content (AvgIpc) is 3.19. The second kappa shape index (κ2) is 6.40. The van der Waals surface area contributed by atoms with Crippen LogP contribution in [-0.2, 0) is 12.5 Å². The van der Waals surface area contributed by atoms with Gasteiger partial charge in [0, 0.05) is 16.8 Å². The Hall–Kier alpha value is -3.13. The largest absolute Gasteiger partial charge is 0.307 e. The van der Waals surface area contributed by atoms with E-state index in [2.05, 4.69) is 84.6 Å². The van der Waals surface area contributed by atoms with Gasteiger partial charge >= 0.3 is 0 Å². The predicted octanol–water partition coefficient (Wildman–Crippen LogP) is 7.90. The average molecular weight is 470 g/mol. The van der Waals surface area contributed by atoms with Gasteiger partial charge in [-0.3, -0.25) is 0 Å². The lowest BCUT2D eigenvalue weighted by Gasteiger charge is -2.57. The summed E-state index contributed by atoms with van der Waals surface area (Å²) in [5, 5.41) is 7.06. The van der Waals surface area contributed by atoms with Crippen molar-refractivity contribution in [1.29, 1.82) is 0 Å². The molecular formula is C34H33N2+. The first-order valence-corrected chi connectivity index (χ1v) is 14.0. The highest BCUT2D eigenvalue weighted by Crippen LogP contribution is 2.61. The minimum atomic E-state index is 0.391. The standard InChI is InChI=1S/C34H33N2/c1-19-5-4-6-27-29(19)26-8-7-20(2)30-32(26)36(27)28-15-25(14-24-9-10-35(3)33(30)31(24)28)34-16-21-11-22(17-34)13-23(12-21)18-34/h4-10,14-15,21-23H,11-13,16-18H2,1-3H3/q+1. The van der Waals surface area contributed by atoms with Crippen LogP contribution in [0.1, 0.15) is 55.2 Å². The molecule has 0 amide bonds. The van der Waals surface area contributed by atoms with Gasteiger partial charge in [-0.1, -0.05) is 24.3 Å². The zero-order valence-electron chi connectivity index (χ0n) is 21.6. The molecule has 10 rings (SSSR count). The third-order valence-electron chi connectivity index (χ3n) is 10.7. The van der Waals surface area contributed by atoms with Crippen molar-refractivity contribution in [3.63, 3.8) is 0 Å². The number of nitrogens with zero attached hydrogens (tertiary/aromatic N) is 2. The third kappa shape index (κ3) is 2.28. The summed E-state index contributed by atoms with van der Waals surface area (Å²) in [6.07, 6.45) is 11.0. The molecule has 0 atom stereocenters. The van der Waals surface area contributed by atoms with Crippen molar-refractivity contribution in [1.82, 2.24) is 4.40 Å². The van der Waals surface area contributed by atoms with E-state index in [9.17, 15) is 0 Å². The van der Waals surface area contributed by atoms with Crippen LogP contribution in [0.15, 0.2) is 54.7 Å². The first-order chi connectivity index (χ1) is 17.5. The fraction of sp³-hybridized carbons (Fsp3) is 0.382. The van der Waals surface area contributed by atoms with Gasteiger partial charge in [0.2, 0.25) is 5.52 Å². The monoisotopic (exact) mass is 469 g/mol. The maximum atomic E-state index is 2.64. The van der Waals surface area contributed by atoms with E-state index in [-0.39, 0.29) is 0 Å². The number of hydrogen-bond donors (Lipinski definition) is 0. The fourth-order valence-electron chi connectivity index (χ4n) is 9.71.